The molecule has 0 saturated carbocycles. The van der Waals surface area contributed by atoms with E-state index in [-0.39, 0.29) is 10.7 Å². The van der Waals surface area contributed by atoms with Gasteiger partial charge in [-0.15, -0.1) is 0 Å². The van der Waals surface area contributed by atoms with Gasteiger partial charge in [-0.25, -0.2) is 4.39 Å². The minimum absolute atomic E-state index is 0.169. The minimum atomic E-state index is -2.33. The molecule has 2 aromatic rings. The van der Waals surface area contributed by atoms with Crippen LogP contribution in [-0.2, 0) is 11.1 Å². The maximum absolute atomic E-state index is 12.7. The lowest BCUT2D eigenvalue weighted by Gasteiger charge is -2.09. The minimum Gasteiger partial charge on any atom is -0.768 e. The molecule has 0 aromatic heterocycles. The van der Waals surface area contributed by atoms with Crippen LogP contribution in [0.5, 0.6) is 0 Å². The summed E-state index contributed by atoms with van der Waals surface area (Å²) in [6.07, 6.45) is 3.33. The molecule has 0 amide bonds. The van der Waals surface area contributed by atoms with Gasteiger partial charge in [-0.1, -0.05) is 35.9 Å². The lowest BCUT2D eigenvalue weighted by Crippen LogP contribution is -1.92. The summed E-state index contributed by atoms with van der Waals surface area (Å²) < 4.78 is 34.9. The first-order valence-electron chi connectivity index (χ1n) is 5.39. The van der Waals surface area contributed by atoms with Crippen LogP contribution < -0.4 is 0 Å². The summed E-state index contributed by atoms with van der Waals surface area (Å²) in [7, 11) is 0. The molecule has 0 saturated heterocycles. The van der Waals surface area contributed by atoms with E-state index in [0.29, 0.717) is 10.6 Å². The monoisotopic (exact) mass is 295 g/mol. The van der Waals surface area contributed by atoms with Crippen molar-refractivity contribution >= 4 is 34.8 Å². The molecule has 2 aromatic carbocycles. The normalized spacial score (nSPS) is 12.8. The predicted octanol–water partition coefficient (Wildman–Crippen LogP) is 3.89. The first-order valence-corrected chi connectivity index (χ1v) is 6.84. The lowest BCUT2D eigenvalue weighted by atomic mass is 10.1. The van der Waals surface area contributed by atoms with E-state index in [1.807, 2.05) is 0 Å². The average Bonchev–Trinajstić information content (AvgIpc) is 2.38. The highest BCUT2D eigenvalue weighted by molar-refractivity contribution is 7.79. The van der Waals surface area contributed by atoms with Crippen LogP contribution >= 0.6 is 11.6 Å². The molecule has 0 aliphatic carbocycles. The van der Waals surface area contributed by atoms with E-state index < -0.39 is 11.1 Å². The van der Waals surface area contributed by atoms with Gasteiger partial charge in [-0.2, -0.15) is 0 Å². The summed E-state index contributed by atoms with van der Waals surface area (Å²) in [5.74, 6) is -0.318. The van der Waals surface area contributed by atoms with E-state index in [2.05, 4.69) is 0 Å². The molecule has 0 aliphatic rings. The van der Waals surface area contributed by atoms with Crippen LogP contribution in [0.3, 0.4) is 0 Å². The van der Waals surface area contributed by atoms with Crippen LogP contribution in [0.15, 0.2) is 47.4 Å². The van der Waals surface area contributed by atoms with Gasteiger partial charge in [0.1, 0.15) is 5.82 Å². The fourth-order valence-corrected chi connectivity index (χ4v) is 2.24. The van der Waals surface area contributed by atoms with Crippen molar-refractivity contribution < 1.29 is 13.2 Å². The molecular formula is C14H9ClFO2S-. The molecule has 98 valence electrons. The van der Waals surface area contributed by atoms with Crippen LogP contribution in [0.2, 0.25) is 5.02 Å². The van der Waals surface area contributed by atoms with Crippen molar-refractivity contribution in [1.82, 2.24) is 0 Å². The third-order valence-corrected chi connectivity index (χ3v) is 3.44. The first kappa shape index (κ1) is 13.9. The van der Waals surface area contributed by atoms with E-state index in [1.54, 1.807) is 30.4 Å². The molecule has 0 fully saturated rings. The van der Waals surface area contributed by atoms with Crippen molar-refractivity contribution in [2.45, 2.75) is 4.90 Å². The molecule has 0 spiro atoms. The Morgan fingerprint density at radius 3 is 2.42 bits per heavy atom. The Morgan fingerprint density at radius 1 is 1.11 bits per heavy atom. The van der Waals surface area contributed by atoms with E-state index in [4.69, 9.17) is 11.6 Å². The molecule has 0 radical (unpaired) electrons. The third kappa shape index (κ3) is 3.73. The van der Waals surface area contributed by atoms with Gasteiger partial charge in [0.2, 0.25) is 0 Å². The van der Waals surface area contributed by atoms with Crippen LogP contribution in [0.25, 0.3) is 12.2 Å². The highest BCUT2D eigenvalue weighted by Crippen LogP contribution is 2.21. The standard InChI is InChI=1S/C14H10ClFO2S/c15-12-5-8-14(19(17)18)11(9-12)4-1-10-2-6-13(16)7-3-10/h1-9H,(H,17,18)/p-1. The molecule has 1 unspecified atom stereocenters. The Kier molecular flexibility index (Phi) is 4.47. The summed E-state index contributed by atoms with van der Waals surface area (Å²) in [6.45, 7) is 0. The van der Waals surface area contributed by atoms with Crippen LogP contribution in [0.1, 0.15) is 11.1 Å². The van der Waals surface area contributed by atoms with Crippen molar-refractivity contribution in [3.63, 3.8) is 0 Å². The fraction of sp³-hybridized carbons (Fsp3) is 0. The smallest absolute Gasteiger partial charge is 0.123 e. The van der Waals surface area contributed by atoms with Gasteiger partial charge in [-0.05, 0) is 52.5 Å². The van der Waals surface area contributed by atoms with Crippen LogP contribution in [-0.4, -0.2) is 8.76 Å². The summed E-state index contributed by atoms with van der Waals surface area (Å²) in [5.41, 5.74) is 1.26. The van der Waals surface area contributed by atoms with Crippen molar-refractivity contribution in [2.24, 2.45) is 0 Å². The third-order valence-electron chi connectivity index (χ3n) is 2.48. The molecule has 0 bridgehead atoms. The molecule has 2 nitrogen and oxygen atoms in total. The topological polar surface area (TPSA) is 40.1 Å². The number of hydrogen-bond acceptors (Lipinski definition) is 2. The number of rotatable bonds is 3. The van der Waals surface area contributed by atoms with E-state index >= 15 is 0 Å². The van der Waals surface area contributed by atoms with Gasteiger partial charge in [0, 0.05) is 9.92 Å². The van der Waals surface area contributed by atoms with Gasteiger partial charge in [0.05, 0.1) is 0 Å². The Balaban J connectivity index is 2.34. The Bertz CT molecular complexity index is 638. The zero-order chi connectivity index (χ0) is 13.8. The summed E-state index contributed by atoms with van der Waals surface area (Å²) >= 11 is 3.51. The molecule has 1 atom stereocenters. The first-order chi connectivity index (χ1) is 9.06. The maximum atomic E-state index is 12.7. The van der Waals surface area contributed by atoms with Crippen molar-refractivity contribution in [2.75, 3.05) is 0 Å². The predicted molar refractivity (Wildman–Crippen MR) is 74.0 cm³/mol. The van der Waals surface area contributed by atoms with Crippen molar-refractivity contribution in [1.29, 1.82) is 0 Å². The zero-order valence-corrected chi connectivity index (χ0v) is 11.2. The largest absolute Gasteiger partial charge is 0.768 e. The Hall–Kier alpha value is -1.49. The van der Waals surface area contributed by atoms with E-state index in [1.165, 1.54) is 24.3 Å². The molecule has 0 heterocycles. The quantitative estimate of drug-likeness (QED) is 0.636. The second kappa shape index (κ2) is 6.10. The molecule has 5 heteroatoms. The Labute approximate surface area is 117 Å². The second-order valence-electron chi connectivity index (χ2n) is 3.80. The van der Waals surface area contributed by atoms with Crippen LogP contribution in [0.4, 0.5) is 4.39 Å². The van der Waals surface area contributed by atoms with Gasteiger partial charge in [0.25, 0.3) is 0 Å². The van der Waals surface area contributed by atoms with Crippen LogP contribution in [0, 0.1) is 5.82 Å². The summed E-state index contributed by atoms with van der Waals surface area (Å²) in [6, 6.07) is 10.4. The number of benzene rings is 2. The van der Waals surface area contributed by atoms with Crippen molar-refractivity contribution in [3.8, 4) is 0 Å². The maximum Gasteiger partial charge on any atom is 0.123 e. The summed E-state index contributed by atoms with van der Waals surface area (Å²) in [5, 5.41) is 0.452. The zero-order valence-electron chi connectivity index (χ0n) is 9.68. The summed E-state index contributed by atoms with van der Waals surface area (Å²) in [4.78, 5) is 0.169. The van der Waals surface area contributed by atoms with Gasteiger partial charge in [-0.3, -0.25) is 4.21 Å². The second-order valence-corrected chi connectivity index (χ2v) is 5.15. The molecule has 0 aliphatic heterocycles. The van der Waals surface area contributed by atoms with Gasteiger partial charge in [0.15, 0.2) is 0 Å². The van der Waals surface area contributed by atoms with E-state index in [0.717, 1.165) is 5.56 Å². The average molecular weight is 296 g/mol. The lowest BCUT2D eigenvalue weighted by molar-refractivity contribution is 0.537. The van der Waals surface area contributed by atoms with E-state index in [9.17, 15) is 13.2 Å². The van der Waals surface area contributed by atoms with Crippen molar-refractivity contribution in [3.05, 3.63) is 64.4 Å². The SMILES string of the molecule is O=S([O-])c1ccc(Cl)cc1C=Cc1ccc(F)cc1. The number of hydrogen-bond donors (Lipinski definition) is 0. The molecule has 2 rings (SSSR count). The Morgan fingerprint density at radius 2 is 1.79 bits per heavy atom. The highest BCUT2D eigenvalue weighted by atomic mass is 35.5. The fourth-order valence-electron chi connectivity index (χ4n) is 1.56. The molecular weight excluding hydrogens is 287 g/mol. The van der Waals surface area contributed by atoms with Gasteiger partial charge < -0.3 is 4.55 Å². The molecule has 19 heavy (non-hydrogen) atoms. The molecule has 0 N–H and O–H groups in total. The number of halogens is 2. The highest BCUT2D eigenvalue weighted by Gasteiger charge is 2.01. The van der Waals surface area contributed by atoms with Gasteiger partial charge >= 0.3 is 0 Å².